The summed E-state index contributed by atoms with van der Waals surface area (Å²) in [6.07, 6.45) is 3.96. The first kappa shape index (κ1) is 10.6. The number of benzene rings is 1. The molecule has 0 bridgehead atoms. The van der Waals surface area contributed by atoms with Crippen LogP contribution in [0, 0.1) is 6.92 Å². The standard InChI is InChI=1S/C12H16ClNO/c1-8-6-9(14-2)7-11(13)12(8)15-10-4-3-5-10/h6-7,10,14H,3-5H2,1-2H3. The Morgan fingerprint density at radius 3 is 2.60 bits per heavy atom. The lowest BCUT2D eigenvalue weighted by atomic mass is 9.96. The van der Waals surface area contributed by atoms with Gasteiger partial charge in [0, 0.05) is 12.7 Å². The van der Waals surface area contributed by atoms with Crippen LogP contribution in [-0.2, 0) is 0 Å². The lowest BCUT2D eigenvalue weighted by molar-refractivity contribution is 0.119. The molecule has 0 amide bonds. The summed E-state index contributed by atoms with van der Waals surface area (Å²) < 4.78 is 5.85. The summed E-state index contributed by atoms with van der Waals surface area (Å²) in [4.78, 5) is 0. The van der Waals surface area contributed by atoms with Gasteiger partial charge in [0.2, 0.25) is 0 Å². The quantitative estimate of drug-likeness (QED) is 0.849. The Labute approximate surface area is 95.6 Å². The van der Waals surface area contributed by atoms with E-state index in [1.807, 2.05) is 20.0 Å². The van der Waals surface area contributed by atoms with Crippen LogP contribution in [0.15, 0.2) is 12.1 Å². The van der Waals surface area contributed by atoms with Gasteiger partial charge in [-0.25, -0.2) is 0 Å². The number of aryl methyl sites for hydroxylation is 1. The average Bonchev–Trinajstić information content (AvgIpc) is 2.13. The summed E-state index contributed by atoms with van der Waals surface area (Å²) in [5, 5.41) is 3.78. The highest BCUT2D eigenvalue weighted by Crippen LogP contribution is 2.35. The fraction of sp³-hybridized carbons (Fsp3) is 0.500. The second kappa shape index (κ2) is 4.31. The van der Waals surface area contributed by atoms with Crippen LogP contribution in [0.25, 0.3) is 0 Å². The van der Waals surface area contributed by atoms with Gasteiger partial charge in [-0.15, -0.1) is 0 Å². The molecule has 0 atom stereocenters. The molecule has 3 heteroatoms. The lowest BCUT2D eigenvalue weighted by Gasteiger charge is -2.27. The van der Waals surface area contributed by atoms with Gasteiger partial charge in [0.15, 0.2) is 0 Å². The van der Waals surface area contributed by atoms with Gasteiger partial charge in [-0.05, 0) is 43.9 Å². The molecule has 0 unspecified atom stereocenters. The van der Waals surface area contributed by atoms with E-state index >= 15 is 0 Å². The number of anilines is 1. The van der Waals surface area contributed by atoms with Gasteiger partial charge < -0.3 is 10.1 Å². The van der Waals surface area contributed by atoms with E-state index in [-0.39, 0.29) is 0 Å². The maximum atomic E-state index is 6.17. The summed E-state index contributed by atoms with van der Waals surface area (Å²) in [5.41, 5.74) is 2.12. The Morgan fingerprint density at radius 2 is 2.13 bits per heavy atom. The first-order chi connectivity index (χ1) is 7.20. The molecular weight excluding hydrogens is 210 g/mol. The van der Waals surface area contributed by atoms with Gasteiger partial charge in [-0.2, -0.15) is 0 Å². The summed E-state index contributed by atoms with van der Waals surface area (Å²) in [7, 11) is 1.89. The fourth-order valence-electron chi connectivity index (χ4n) is 1.68. The second-order valence-electron chi connectivity index (χ2n) is 4.02. The highest BCUT2D eigenvalue weighted by Gasteiger charge is 2.21. The van der Waals surface area contributed by atoms with Crippen molar-refractivity contribution in [3.63, 3.8) is 0 Å². The monoisotopic (exact) mass is 225 g/mol. The van der Waals surface area contributed by atoms with Crippen molar-refractivity contribution in [2.75, 3.05) is 12.4 Å². The normalized spacial score (nSPS) is 15.9. The van der Waals surface area contributed by atoms with Gasteiger partial charge in [-0.3, -0.25) is 0 Å². The molecule has 2 nitrogen and oxygen atoms in total. The zero-order valence-corrected chi connectivity index (χ0v) is 9.90. The topological polar surface area (TPSA) is 21.3 Å². The van der Waals surface area contributed by atoms with Crippen molar-refractivity contribution in [1.29, 1.82) is 0 Å². The molecule has 1 aromatic rings. The van der Waals surface area contributed by atoms with Gasteiger partial charge in [0.05, 0.1) is 11.1 Å². The van der Waals surface area contributed by atoms with Crippen LogP contribution < -0.4 is 10.1 Å². The molecular formula is C12H16ClNO. The number of nitrogens with one attached hydrogen (secondary N) is 1. The minimum atomic E-state index is 0.377. The molecule has 0 saturated heterocycles. The minimum Gasteiger partial charge on any atom is -0.489 e. The summed E-state index contributed by atoms with van der Waals surface area (Å²) in [6, 6.07) is 3.96. The van der Waals surface area contributed by atoms with Gasteiger partial charge in [-0.1, -0.05) is 11.6 Å². The molecule has 1 saturated carbocycles. The number of rotatable bonds is 3. The molecule has 1 N–H and O–H groups in total. The Hall–Kier alpha value is -0.890. The van der Waals surface area contributed by atoms with E-state index in [4.69, 9.17) is 16.3 Å². The molecule has 15 heavy (non-hydrogen) atoms. The zero-order valence-electron chi connectivity index (χ0n) is 9.14. The van der Waals surface area contributed by atoms with E-state index < -0.39 is 0 Å². The van der Waals surface area contributed by atoms with Crippen LogP contribution in [0.5, 0.6) is 5.75 Å². The molecule has 0 radical (unpaired) electrons. The third kappa shape index (κ3) is 2.20. The predicted octanol–water partition coefficient (Wildman–Crippen LogP) is 3.62. The Morgan fingerprint density at radius 1 is 1.40 bits per heavy atom. The highest BCUT2D eigenvalue weighted by molar-refractivity contribution is 6.32. The molecule has 2 rings (SSSR count). The first-order valence-electron chi connectivity index (χ1n) is 5.35. The lowest BCUT2D eigenvalue weighted by Crippen LogP contribution is -2.25. The fourth-order valence-corrected chi connectivity index (χ4v) is 1.99. The number of hydrogen-bond donors (Lipinski definition) is 1. The smallest absolute Gasteiger partial charge is 0.141 e. The molecule has 1 aliphatic rings. The van der Waals surface area contributed by atoms with Crippen molar-refractivity contribution in [3.05, 3.63) is 22.7 Å². The summed E-state index contributed by atoms with van der Waals surface area (Å²) >= 11 is 6.17. The maximum absolute atomic E-state index is 6.17. The van der Waals surface area contributed by atoms with Crippen LogP contribution in [0.4, 0.5) is 5.69 Å². The largest absolute Gasteiger partial charge is 0.489 e. The number of hydrogen-bond acceptors (Lipinski definition) is 2. The average molecular weight is 226 g/mol. The van der Waals surface area contributed by atoms with Crippen molar-refractivity contribution in [2.24, 2.45) is 0 Å². The Bertz CT molecular complexity index is 338. The summed E-state index contributed by atoms with van der Waals surface area (Å²) in [6.45, 7) is 2.03. The minimum absolute atomic E-state index is 0.377. The summed E-state index contributed by atoms with van der Waals surface area (Å²) in [5.74, 6) is 0.848. The van der Waals surface area contributed by atoms with E-state index in [1.165, 1.54) is 6.42 Å². The van der Waals surface area contributed by atoms with Crippen LogP contribution in [0.1, 0.15) is 24.8 Å². The van der Waals surface area contributed by atoms with Crippen LogP contribution in [-0.4, -0.2) is 13.2 Å². The molecule has 1 aliphatic carbocycles. The second-order valence-corrected chi connectivity index (χ2v) is 4.43. The van der Waals surface area contributed by atoms with Crippen molar-refractivity contribution < 1.29 is 4.74 Å². The van der Waals surface area contributed by atoms with E-state index in [2.05, 4.69) is 11.4 Å². The van der Waals surface area contributed by atoms with Crippen molar-refractivity contribution in [3.8, 4) is 5.75 Å². The van der Waals surface area contributed by atoms with Gasteiger partial charge in [0.1, 0.15) is 5.75 Å². The van der Waals surface area contributed by atoms with Crippen molar-refractivity contribution in [2.45, 2.75) is 32.3 Å². The SMILES string of the molecule is CNc1cc(C)c(OC2CCC2)c(Cl)c1. The van der Waals surface area contributed by atoms with Crippen molar-refractivity contribution >= 4 is 17.3 Å². The predicted molar refractivity (Wildman–Crippen MR) is 64.0 cm³/mol. The maximum Gasteiger partial charge on any atom is 0.141 e. The van der Waals surface area contributed by atoms with Crippen molar-refractivity contribution in [1.82, 2.24) is 0 Å². The molecule has 1 aromatic carbocycles. The zero-order chi connectivity index (χ0) is 10.8. The molecule has 0 heterocycles. The molecule has 0 spiro atoms. The Kier molecular flexibility index (Phi) is 3.06. The molecule has 0 aromatic heterocycles. The number of ether oxygens (including phenoxy) is 1. The van der Waals surface area contributed by atoms with Gasteiger partial charge in [0.25, 0.3) is 0 Å². The molecule has 0 aliphatic heterocycles. The molecule has 1 fully saturated rings. The van der Waals surface area contributed by atoms with E-state index in [0.29, 0.717) is 11.1 Å². The van der Waals surface area contributed by atoms with Gasteiger partial charge >= 0.3 is 0 Å². The third-order valence-electron chi connectivity index (χ3n) is 2.85. The molecule has 82 valence electrons. The Balaban J connectivity index is 2.21. The van der Waals surface area contributed by atoms with E-state index in [0.717, 1.165) is 29.8 Å². The van der Waals surface area contributed by atoms with Crippen LogP contribution in [0.2, 0.25) is 5.02 Å². The van der Waals surface area contributed by atoms with Crippen LogP contribution >= 0.6 is 11.6 Å². The first-order valence-corrected chi connectivity index (χ1v) is 5.73. The van der Waals surface area contributed by atoms with E-state index in [1.54, 1.807) is 0 Å². The van der Waals surface area contributed by atoms with Crippen LogP contribution in [0.3, 0.4) is 0 Å². The highest BCUT2D eigenvalue weighted by atomic mass is 35.5. The van der Waals surface area contributed by atoms with E-state index in [9.17, 15) is 0 Å². The third-order valence-corrected chi connectivity index (χ3v) is 3.14. The number of halogens is 1.